The lowest BCUT2D eigenvalue weighted by Crippen LogP contribution is -2.54. The van der Waals surface area contributed by atoms with Crippen LogP contribution >= 0.6 is 0 Å². The summed E-state index contributed by atoms with van der Waals surface area (Å²) in [6, 6.07) is 6.86. The highest BCUT2D eigenvalue weighted by molar-refractivity contribution is 5.83. The molecule has 200 valence electrons. The SMILES string of the molecule is COCCCN1NC(C)c2ccc([C@@H](C)N(C(=O)[C@H]3CN(C(=O)OC(C)(C)C)CCO3)C3CC3)cc21. The molecule has 0 bridgehead atoms. The Labute approximate surface area is 215 Å². The smallest absolute Gasteiger partial charge is 0.410 e. The van der Waals surface area contributed by atoms with E-state index in [1.807, 2.05) is 25.7 Å². The van der Waals surface area contributed by atoms with Crippen LogP contribution in [0.5, 0.6) is 0 Å². The summed E-state index contributed by atoms with van der Waals surface area (Å²) in [4.78, 5) is 29.9. The first kappa shape index (κ1) is 26.7. The van der Waals surface area contributed by atoms with Crippen molar-refractivity contribution in [2.75, 3.05) is 45.0 Å². The minimum Gasteiger partial charge on any atom is -0.444 e. The van der Waals surface area contributed by atoms with E-state index < -0.39 is 17.8 Å². The van der Waals surface area contributed by atoms with Gasteiger partial charge in [-0.2, -0.15) is 0 Å². The fourth-order valence-corrected chi connectivity index (χ4v) is 5.00. The number of amides is 2. The van der Waals surface area contributed by atoms with E-state index in [0.29, 0.717) is 19.8 Å². The molecule has 0 spiro atoms. The third-order valence-electron chi connectivity index (χ3n) is 6.98. The maximum Gasteiger partial charge on any atom is 0.410 e. The van der Waals surface area contributed by atoms with Crippen LogP contribution in [0.15, 0.2) is 18.2 Å². The minimum atomic E-state index is -0.684. The Morgan fingerprint density at radius 2 is 2.03 bits per heavy atom. The predicted octanol–water partition coefficient (Wildman–Crippen LogP) is 3.80. The summed E-state index contributed by atoms with van der Waals surface area (Å²) in [5.74, 6) is -0.0535. The lowest BCUT2D eigenvalue weighted by Gasteiger charge is -2.38. The number of carbonyl (C=O) groups excluding carboxylic acids is 2. The maximum atomic E-state index is 13.8. The molecule has 4 rings (SSSR count). The van der Waals surface area contributed by atoms with Gasteiger partial charge in [0.2, 0.25) is 0 Å². The van der Waals surface area contributed by atoms with Crippen molar-refractivity contribution in [3.63, 3.8) is 0 Å². The van der Waals surface area contributed by atoms with E-state index in [1.165, 1.54) is 5.56 Å². The Morgan fingerprint density at radius 3 is 2.69 bits per heavy atom. The molecule has 3 aliphatic rings. The van der Waals surface area contributed by atoms with Crippen LogP contribution in [0.4, 0.5) is 10.5 Å². The molecule has 1 unspecified atom stereocenters. The lowest BCUT2D eigenvalue weighted by atomic mass is 10.00. The summed E-state index contributed by atoms with van der Waals surface area (Å²) in [6.07, 6.45) is 1.82. The fourth-order valence-electron chi connectivity index (χ4n) is 5.00. The lowest BCUT2D eigenvalue weighted by molar-refractivity contribution is -0.151. The van der Waals surface area contributed by atoms with Gasteiger partial charge in [-0.05, 0) is 71.1 Å². The van der Waals surface area contributed by atoms with Gasteiger partial charge >= 0.3 is 6.09 Å². The number of benzene rings is 1. The number of rotatable bonds is 8. The molecule has 0 radical (unpaired) electrons. The Kier molecular flexibility index (Phi) is 8.12. The Morgan fingerprint density at radius 1 is 1.28 bits per heavy atom. The number of hydrazine groups is 1. The van der Waals surface area contributed by atoms with Crippen LogP contribution in [-0.2, 0) is 19.0 Å². The molecule has 2 aliphatic heterocycles. The van der Waals surface area contributed by atoms with Gasteiger partial charge in [-0.25, -0.2) is 10.2 Å². The van der Waals surface area contributed by atoms with Gasteiger partial charge in [-0.1, -0.05) is 12.1 Å². The second-order valence-corrected chi connectivity index (χ2v) is 11.1. The number of hydrogen-bond donors (Lipinski definition) is 1. The molecule has 2 heterocycles. The first-order valence-electron chi connectivity index (χ1n) is 13.2. The van der Waals surface area contributed by atoms with Crippen LogP contribution in [0.3, 0.4) is 0 Å². The Hall–Kier alpha value is -2.36. The third kappa shape index (κ3) is 6.12. The second kappa shape index (κ2) is 10.9. The highest BCUT2D eigenvalue weighted by Gasteiger charge is 2.42. The normalized spacial score (nSPS) is 22.8. The van der Waals surface area contributed by atoms with Crippen molar-refractivity contribution in [2.45, 2.75) is 83.7 Å². The molecule has 1 saturated heterocycles. The molecular weight excluding hydrogens is 460 g/mol. The highest BCUT2D eigenvalue weighted by Crippen LogP contribution is 2.39. The van der Waals surface area contributed by atoms with E-state index in [4.69, 9.17) is 14.2 Å². The Bertz CT molecular complexity index is 945. The number of nitrogens with one attached hydrogen (secondary N) is 1. The van der Waals surface area contributed by atoms with Crippen molar-refractivity contribution >= 4 is 17.7 Å². The average Bonchev–Trinajstić information content (AvgIpc) is 3.62. The number of ether oxygens (including phenoxy) is 3. The number of morpholine rings is 1. The molecule has 2 fully saturated rings. The molecule has 1 saturated carbocycles. The molecule has 0 aromatic heterocycles. The number of anilines is 1. The van der Waals surface area contributed by atoms with Gasteiger partial charge in [-0.15, -0.1) is 0 Å². The Balaban J connectivity index is 1.49. The summed E-state index contributed by atoms with van der Waals surface area (Å²) in [5.41, 5.74) is 6.48. The molecule has 1 aliphatic carbocycles. The van der Waals surface area contributed by atoms with Gasteiger partial charge in [0.05, 0.1) is 30.9 Å². The molecule has 2 amide bonds. The molecule has 36 heavy (non-hydrogen) atoms. The van der Waals surface area contributed by atoms with Crippen molar-refractivity contribution in [1.29, 1.82) is 0 Å². The van der Waals surface area contributed by atoms with Gasteiger partial charge in [0.1, 0.15) is 5.60 Å². The van der Waals surface area contributed by atoms with Crippen molar-refractivity contribution in [2.24, 2.45) is 0 Å². The molecule has 3 atom stereocenters. The van der Waals surface area contributed by atoms with E-state index in [-0.39, 0.29) is 30.6 Å². The number of methoxy groups -OCH3 is 1. The number of fused-ring (bicyclic) bond motifs is 1. The molecular formula is C27H42N4O5. The summed E-state index contributed by atoms with van der Waals surface area (Å²) < 4.78 is 16.6. The molecule has 1 aromatic carbocycles. The zero-order valence-corrected chi connectivity index (χ0v) is 22.6. The van der Waals surface area contributed by atoms with Crippen molar-refractivity contribution in [1.82, 2.24) is 15.2 Å². The molecule has 1 aromatic rings. The maximum absolute atomic E-state index is 13.8. The van der Waals surface area contributed by atoms with E-state index in [0.717, 1.165) is 37.1 Å². The number of hydrogen-bond acceptors (Lipinski definition) is 7. The standard InChI is InChI=1S/C27H42N4O5/c1-18-22-11-8-20(16-23(22)30(28-18)12-7-14-34-6)19(2)31(21-9-10-21)25(32)24-17-29(13-15-35-24)26(33)36-27(3,4)5/h8,11,16,18-19,21,24,28H,7,9-10,12-15,17H2,1-6H3/t18?,19-,24-/m1/s1. The third-order valence-corrected chi connectivity index (χ3v) is 6.98. The second-order valence-electron chi connectivity index (χ2n) is 11.1. The monoisotopic (exact) mass is 502 g/mol. The van der Waals surface area contributed by atoms with Crippen molar-refractivity contribution in [3.05, 3.63) is 29.3 Å². The van der Waals surface area contributed by atoms with Gasteiger partial charge in [0.25, 0.3) is 5.91 Å². The minimum absolute atomic E-state index is 0.0535. The van der Waals surface area contributed by atoms with Gasteiger partial charge in [-0.3, -0.25) is 4.79 Å². The van der Waals surface area contributed by atoms with Gasteiger partial charge < -0.3 is 29.0 Å². The van der Waals surface area contributed by atoms with Crippen LogP contribution < -0.4 is 10.4 Å². The summed E-state index contributed by atoms with van der Waals surface area (Å²) in [7, 11) is 1.72. The fraction of sp³-hybridized carbons (Fsp3) is 0.704. The van der Waals surface area contributed by atoms with E-state index in [2.05, 4.69) is 42.5 Å². The van der Waals surface area contributed by atoms with Crippen LogP contribution in [-0.4, -0.2) is 79.5 Å². The van der Waals surface area contributed by atoms with E-state index in [1.54, 1.807) is 12.0 Å². The van der Waals surface area contributed by atoms with Gasteiger partial charge in [0, 0.05) is 32.8 Å². The average molecular weight is 503 g/mol. The van der Waals surface area contributed by atoms with E-state index >= 15 is 0 Å². The zero-order chi connectivity index (χ0) is 26.0. The van der Waals surface area contributed by atoms with Crippen LogP contribution in [0.25, 0.3) is 0 Å². The quantitative estimate of drug-likeness (QED) is 0.542. The van der Waals surface area contributed by atoms with Crippen molar-refractivity contribution < 1.29 is 23.8 Å². The van der Waals surface area contributed by atoms with Crippen molar-refractivity contribution in [3.8, 4) is 0 Å². The molecule has 9 heteroatoms. The molecule has 1 N–H and O–H groups in total. The summed E-state index contributed by atoms with van der Waals surface area (Å²) in [5, 5.41) is 2.20. The largest absolute Gasteiger partial charge is 0.444 e. The van der Waals surface area contributed by atoms with Crippen LogP contribution in [0.2, 0.25) is 0 Å². The van der Waals surface area contributed by atoms with Crippen LogP contribution in [0.1, 0.15) is 77.1 Å². The van der Waals surface area contributed by atoms with Crippen LogP contribution in [0, 0.1) is 0 Å². The van der Waals surface area contributed by atoms with Gasteiger partial charge in [0.15, 0.2) is 6.10 Å². The topological polar surface area (TPSA) is 83.6 Å². The first-order valence-corrected chi connectivity index (χ1v) is 13.2. The number of carbonyl (C=O) groups is 2. The number of nitrogens with zero attached hydrogens (tertiary/aromatic N) is 3. The predicted molar refractivity (Wildman–Crippen MR) is 138 cm³/mol. The van der Waals surface area contributed by atoms with E-state index in [9.17, 15) is 9.59 Å². The first-order chi connectivity index (χ1) is 17.1. The zero-order valence-electron chi connectivity index (χ0n) is 22.6. The summed E-state index contributed by atoms with van der Waals surface area (Å²) in [6.45, 7) is 12.3. The molecule has 9 nitrogen and oxygen atoms in total. The highest BCUT2D eigenvalue weighted by atomic mass is 16.6. The summed E-state index contributed by atoms with van der Waals surface area (Å²) >= 11 is 0.